The van der Waals surface area contributed by atoms with Gasteiger partial charge in [0, 0.05) is 35.1 Å². The van der Waals surface area contributed by atoms with Crippen LogP contribution in [0.2, 0.25) is 0 Å². The Labute approximate surface area is 149 Å². The number of nitrogens with zero attached hydrogens (tertiary/aromatic N) is 3. The number of carbonyl (C=O) groups excluding carboxylic acids is 1. The van der Waals surface area contributed by atoms with Gasteiger partial charge in [-0.3, -0.25) is 14.7 Å². The first-order valence-corrected chi connectivity index (χ1v) is 8.57. The second kappa shape index (κ2) is 6.09. The number of carbonyl (C=O) groups is 1. The molecular weight excluding hydrogens is 335 g/mol. The summed E-state index contributed by atoms with van der Waals surface area (Å²) in [5.41, 5.74) is 3.15. The highest BCUT2D eigenvalue weighted by molar-refractivity contribution is 5.80. The van der Waals surface area contributed by atoms with Gasteiger partial charge in [0.05, 0.1) is 12.5 Å². The summed E-state index contributed by atoms with van der Waals surface area (Å²) < 4.78 is 15.6. The maximum absolute atomic E-state index is 14.0. The van der Waals surface area contributed by atoms with Crippen LogP contribution in [-0.2, 0) is 11.2 Å². The molecule has 3 heterocycles. The maximum atomic E-state index is 14.0. The van der Waals surface area contributed by atoms with Crippen molar-refractivity contribution in [2.24, 2.45) is 0 Å². The average molecular weight is 354 g/mol. The highest BCUT2D eigenvalue weighted by Gasteiger charge is 2.35. The predicted molar refractivity (Wildman–Crippen MR) is 94.5 cm³/mol. The lowest BCUT2D eigenvalue weighted by Crippen LogP contribution is -2.46. The third kappa shape index (κ3) is 2.60. The summed E-state index contributed by atoms with van der Waals surface area (Å²) in [5, 5.41) is 2.69. The predicted octanol–water partition coefficient (Wildman–Crippen LogP) is 2.29. The van der Waals surface area contributed by atoms with E-state index in [0.717, 1.165) is 23.4 Å². The zero-order chi connectivity index (χ0) is 18.4. The molecule has 1 aliphatic heterocycles. The summed E-state index contributed by atoms with van der Waals surface area (Å²) in [7, 11) is 0. The van der Waals surface area contributed by atoms with Gasteiger partial charge >= 0.3 is 0 Å². The fourth-order valence-electron chi connectivity index (χ4n) is 3.62. The van der Waals surface area contributed by atoms with E-state index in [4.69, 9.17) is 0 Å². The molecule has 0 bridgehead atoms. The fourth-order valence-corrected chi connectivity index (χ4v) is 3.62. The Morgan fingerprint density at radius 2 is 2.12 bits per heavy atom. The minimum atomic E-state index is -0.282. The number of nitrogens with one attached hydrogen (secondary N) is 1. The second-order valence-corrected chi connectivity index (χ2v) is 6.67. The van der Waals surface area contributed by atoms with Crippen molar-refractivity contribution in [1.29, 1.82) is 0 Å². The van der Waals surface area contributed by atoms with Crippen molar-refractivity contribution in [3.05, 3.63) is 69.0 Å². The Morgan fingerprint density at radius 1 is 1.35 bits per heavy atom. The molecule has 2 aromatic heterocycles. The van der Waals surface area contributed by atoms with Gasteiger partial charge in [0.15, 0.2) is 5.65 Å². The first kappa shape index (κ1) is 16.5. The van der Waals surface area contributed by atoms with Crippen molar-refractivity contribution in [2.75, 3.05) is 6.54 Å². The maximum Gasteiger partial charge on any atom is 0.266 e. The van der Waals surface area contributed by atoms with E-state index < -0.39 is 0 Å². The van der Waals surface area contributed by atoms with Gasteiger partial charge in [0.1, 0.15) is 5.82 Å². The van der Waals surface area contributed by atoms with Gasteiger partial charge in [-0.2, -0.15) is 0 Å². The first-order valence-electron chi connectivity index (χ1n) is 8.57. The van der Waals surface area contributed by atoms with Gasteiger partial charge in [-0.05, 0) is 26.3 Å². The molecule has 3 aromatic rings. The molecule has 1 unspecified atom stereocenters. The van der Waals surface area contributed by atoms with Crippen molar-refractivity contribution < 1.29 is 9.18 Å². The number of aromatic amines is 1. The van der Waals surface area contributed by atoms with Crippen LogP contribution in [0.3, 0.4) is 0 Å². The summed E-state index contributed by atoms with van der Waals surface area (Å²) in [4.78, 5) is 30.5. The lowest BCUT2D eigenvalue weighted by Gasteiger charge is -2.41. The molecule has 1 fully saturated rings. The van der Waals surface area contributed by atoms with E-state index >= 15 is 0 Å². The Bertz CT molecular complexity index is 1070. The minimum absolute atomic E-state index is 0.0636. The molecule has 26 heavy (non-hydrogen) atoms. The smallest absolute Gasteiger partial charge is 0.266 e. The normalized spacial score (nSPS) is 16.7. The summed E-state index contributed by atoms with van der Waals surface area (Å²) in [6.07, 6.45) is 0.929. The summed E-state index contributed by atoms with van der Waals surface area (Å²) in [6, 6.07) is 7.80. The third-order valence-corrected chi connectivity index (χ3v) is 5.13. The van der Waals surface area contributed by atoms with Crippen LogP contribution in [0.15, 0.2) is 35.1 Å². The fraction of sp³-hybridized carbons (Fsp3) is 0.316. The van der Waals surface area contributed by atoms with Crippen molar-refractivity contribution in [3.63, 3.8) is 0 Å². The molecule has 1 amide bonds. The lowest BCUT2D eigenvalue weighted by atomic mass is 9.93. The van der Waals surface area contributed by atoms with Gasteiger partial charge in [-0.25, -0.2) is 13.9 Å². The Kier molecular flexibility index (Phi) is 3.86. The topological polar surface area (TPSA) is 70.5 Å². The molecule has 1 atom stereocenters. The van der Waals surface area contributed by atoms with E-state index in [9.17, 15) is 14.0 Å². The minimum Gasteiger partial charge on any atom is -0.335 e. The number of likely N-dealkylation sites (tertiary alicyclic amines) is 1. The molecular formula is C19H19FN4O2. The molecule has 134 valence electrons. The number of amides is 1. The monoisotopic (exact) mass is 354 g/mol. The van der Waals surface area contributed by atoms with E-state index in [1.165, 1.54) is 12.1 Å². The number of hydrogen-bond donors (Lipinski definition) is 1. The molecule has 0 aliphatic carbocycles. The van der Waals surface area contributed by atoms with Crippen molar-refractivity contribution in [1.82, 2.24) is 19.5 Å². The van der Waals surface area contributed by atoms with Gasteiger partial charge in [-0.15, -0.1) is 0 Å². The number of halogens is 1. The third-order valence-electron chi connectivity index (χ3n) is 5.13. The quantitative estimate of drug-likeness (QED) is 0.785. The van der Waals surface area contributed by atoms with E-state index in [0.29, 0.717) is 17.8 Å². The standard InChI is InChI=1S/C19H19FN4O2/c1-11-14(12(2)24-17(21-11)10-18(25)22-24)9-19(26)23-8-7-16(23)13-5-3-4-6-15(13)20/h3-6,10,16H,7-9H2,1-2H3,(H,22,25). The number of aromatic nitrogens is 3. The van der Waals surface area contributed by atoms with E-state index in [1.54, 1.807) is 27.6 Å². The van der Waals surface area contributed by atoms with E-state index in [-0.39, 0.29) is 29.7 Å². The Morgan fingerprint density at radius 3 is 2.81 bits per heavy atom. The van der Waals surface area contributed by atoms with Crippen LogP contribution >= 0.6 is 0 Å². The summed E-state index contributed by atoms with van der Waals surface area (Å²) in [5.74, 6) is -0.346. The number of benzene rings is 1. The van der Waals surface area contributed by atoms with E-state index in [2.05, 4.69) is 10.1 Å². The van der Waals surface area contributed by atoms with Gasteiger partial charge in [-0.1, -0.05) is 18.2 Å². The number of rotatable bonds is 3. The van der Waals surface area contributed by atoms with Crippen LogP contribution in [0.5, 0.6) is 0 Å². The van der Waals surface area contributed by atoms with Crippen LogP contribution in [0, 0.1) is 19.7 Å². The summed E-state index contributed by atoms with van der Waals surface area (Å²) >= 11 is 0. The first-order chi connectivity index (χ1) is 12.5. The molecule has 6 nitrogen and oxygen atoms in total. The van der Waals surface area contributed by atoms with Crippen molar-refractivity contribution in [3.8, 4) is 0 Å². The van der Waals surface area contributed by atoms with E-state index in [1.807, 2.05) is 13.8 Å². The highest BCUT2D eigenvalue weighted by atomic mass is 19.1. The molecule has 1 aliphatic rings. The van der Waals surface area contributed by atoms with Crippen LogP contribution < -0.4 is 5.56 Å². The van der Waals surface area contributed by atoms with Gasteiger partial charge in [0.2, 0.25) is 5.91 Å². The molecule has 0 spiro atoms. The number of hydrogen-bond acceptors (Lipinski definition) is 3. The average Bonchev–Trinajstić information content (AvgIpc) is 2.93. The van der Waals surface area contributed by atoms with Crippen molar-refractivity contribution in [2.45, 2.75) is 32.7 Å². The molecule has 1 aromatic carbocycles. The van der Waals surface area contributed by atoms with Crippen LogP contribution in [0.4, 0.5) is 4.39 Å². The van der Waals surface area contributed by atoms with Gasteiger partial charge in [0.25, 0.3) is 5.56 Å². The Balaban J connectivity index is 1.62. The lowest BCUT2D eigenvalue weighted by molar-refractivity contribution is -0.138. The SMILES string of the molecule is Cc1nc2cc(=O)[nH]n2c(C)c1CC(=O)N1CCC1c1ccccc1F. The Hall–Kier alpha value is -2.96. The highest BCUT2D eigenvalue weighted by Crippen LogP contribution is 2.35. The molecule has 1 N–H and O–H groups in total. The zero-order valence-corrected chi connectivity index (χ0v) is 14.6. The van der Waals surface area contributed by atoms with Crippen LogP contribution in [0.25, 0.3) is 5.65 Å². The molecule has 1 saturated heterocycles. The number of H-pyrrole nitrogens is 1. The van der Waals surface area contributed by atoms with Crippen LogP contribution in [-0.4, -0.2) is 31.9 Å². The largest absolute Gasteiger partial charge is 0.335 e. The zero-order valence-electron chi connectivity index (χ0n) is 14.6. The molecule has 4 rings (SSSR count). The van der Waals surface area contributed by atoms with Crippen molar-refractivity contribution >= 4 is 11.6 Å². The number of aryl methyl sites for hydroxylation is 2. The molecule has 0 saturated carbocycles. The molecule has 0 radical (unpaired) electrons. The number of fused-ring (bicyclic) bond motifs is 1. The van der Waals surface area contributed by atoms with Gasteiger partial charge < -0.3 is 4.90 Å². The molecule has 7 heteroatoms. The second-order valence-electron chi connectivity index (χ2n) is 6.67. The summed E-state index contributed by atoms with van der Waals surface area (Å²) in [6.45, 7) is 4.30. The van der Waals surface area contributed by atoms with Crippen LogP contribution in [0.1, 0.15) is 35.0 Å².